The van der Waals surface area contributed by atoms with Crippen molar-refractivity contribution in [2.24, 2.45) is 0 Å². The summed E-state index contributed by atoms with van der Waals surface area (Å²) in [5, 5.41) is 7.72. The van der Waals surface area contributed by atoms with Gasteiger partial charge in [0.25, 0.3) is 0 Å². The molecule has 1 saturated heterocycles. The van der Waals surface area contributed by atoms with Gasteiger partial charge < -0.3 is 14.7 Å². The first-order chi connectivity index (χ1) is 6.54. The molecule has 0 saturated carbocycles. The number of hydrogen-bond acceptors (Lipinski definition) is 3. The van der Waals surface area contributed by atoms with Crippen molar-refractivity contribution in [1.29, 1.82) is 0 Å². The molecule has 1 aliphatic rings. The lowest BCUT2D eigenvalue weighted by molar-refractivity contribution is -0.136. The third-order valence-electron chi connectivity index (χ3n) is 1.51. The average Bonchev–Trinajstić information content (AvgIpc) is 2.02. The van der Waals surface area contributed by atoms with E-state index in [1.54, 1.807) is 6.92 Å². The van der Waals surface area contributed by atoms with Crippen LogP contribution >= 0.6 is 0 Å². The highest BCUT2D eigenvalue weighted by atomic mass is 16.5. The summed E-state index contributed by atoms with van der Waals surface area (Å²) < 4.78 is 4.72. The van der Waals surface area contributed by atoms with Crippen LogP contribution in [0.2, 0.25) is 0 Å². The molecule has 0 radical (unpaired) electrons. The van der Waals surface area contributed by atoms with Gasteiger partial charge in [0.05, 0.1) is 0 Å². The first kappa shape index (κ1) is 15.8. The summed E-state index contributed by atoms with van der Waals surface area (Å²) in [6.45, 7) is 6.86. The van der Waals surface area contributed by atoms with Crippen LogP contribution in [0.3, 0.4) is 0 Å². The van der Waals surface area contributed by atoms with E-state index in [1.807, 2.05) is 0 Å². The maximum absolute atomic E-state index is 9.37. The van der Waals surface area contributed by atoms with Crippen LogP contribution in [0.5, 0.6) is 0 Å². The van der Waals surface area contributed by atoms with Crippen LogP contribution in [-0.2, 0) is 9.53 Å². The van der Waals surface area contributed by atoms with Crippen molar-refractivity contribution < 1.29 is 14.6 Å². The number of rotatable bonds is 2. The zero-order valence-electron chi connectivity index (χ0n) is 9.75. The van der Waals surface area contributed by atoms with Crippen molar-refractivity contribution in [3.05, 3.63) is 0 Å². The van der Waals surface area contributed by atoms with Crippen LogP contribution in [-0.4, -0.2) is 49.8 Å². The molecule has 0 aliphatic carbocycles. The molecule has 1 N–H and O–H groups in total. The summed E-state index contributed by atoms with van der Waals surface area (Å²) >= 11 is 0. The van der Waals surface area contributed by atoms with Crippen molar-refractivity contribution in [3.8, 4) is 0 Å². The van der Waals surface area contributed by atoms with Crippen molar-refractivity contribution in [2.75, 3.05) is 33.9 Å². The molecule has 0 aromatic heterocycles. The summed E-state index contributed by atoms with van der Waals surface area (Å²) in [7, 11) is 4.11. The fourth-order valence-corrected chi connectivity index (χ4v) is 0.144. The molecule has 1 fully saturated rings. The van der Waals surface area contributed by atoms with E-state index >= 15 is 0 Å². The van der Waals surface area contributed by atoms with E-state index in [2.05, 4.69) is 25.9 Å². The predicted molar refractivity (Wildman–Crippen MR) is 57.6 cm³/mol. The number of ether oxygens (including phenoxy) is 1. The molecule has 0 atom stereocenters. The molecule has 0 aromatic carbocycles. The summed E-state index contributed by atoms with van der Waals surface area (Å²) in [5.74, 6) is -0.745. The standard InChI is InChI=1S/C4H11N.C3H6O2.C3H6O/c1-4-5(2)3;1-2-3(4)5;1-2-4-3-1/h4H2,1-3H3;2H2,1H3,(H,4,5);1-3H2. The highest BCUT2D eigenvalue weighted by Gasteiger charge is 1.94. The molecule has 0 spiro atoms. The molecule has 1 rings (SSSR count). The average molecular weight is 205 g/mol. The Morgan fingerprint density at radius 3 is 1.57 bits per heavy atom. The van der Waals surface area contributed by atoms with Crippen LogP contribution in [0.4, 0.5) is 0 Å². The molecular formula is C10H23NO3. The number of hydrogen-bond donors (Lipinski definition) is 1. The number of carboxylic acid groups (broad SMARTS) is 1. The summed E-state index contributed by atoms with van der Waals surface area (Å²) in [6, 6.07) is 0. The molecular weight excluding hydrogens is 182 g/mol. The number of aliphatic carboxylic acids is 1. The molecule has 1 aliphatic heterocycles. The number of nitrogens with zero attached hydrogens (tertiary/aromatic N) is 1. The predicted octanol–water partition coefficient (Wildman–Crippen LogP) is 1.46. The largest absolute Gasteiger partial charge is 0.481 e. The Kier molecular flexibility index (Phi) is 14.0. The lowest BCUT2D eigenvalue weighted by Gasteiger charge is -2.09. The maximum atomic E-state index is 9.37. The number of carbonyl (C=O) groups is 1. The van der Waals surface area contributed by atoms with Gasteiger partial charge in [0, 0.05) is 19.6 Å². The lowest BCUT2D eigenvalue weighted by atomic mass is 10.4. The summed E-state index contributed by atoms with van der Waals surface area (Å²) in [4.78, 5) is 11.5. The molecule has 0 aromatic rings. The molecule has 4 nitrogen and oxygen atoms in total. The third kappa shape index (κ3) is 22.5. The Morgan fingerprint density at radius 2 is 1.57 bits per heavy atom. The first-order valence-electron chi connectivity index (χ1n) is 4.98. The van der Waals surface area contributed by atoms with E-state index in [4.69, 9.17) is 9.84 Å². The van der Waals surface area contributed by atoms with Gasteiger partial charge in [-0.15, -0.1) is 0 Å². The van der Waals surface area contributed by atoms with E-state index in [0.29, 0.717) is 0 Å². The lowest BCUT2D eigenvalue weighted by Crippen LogP contribution is -2.09. The SMILES string of the molecule is C1COC1.CCC(=O)O.CCN(C)C. The first-order valence-corrected chi connectivity index (χ1v) is 4.98. The van der Waals surface area contributed by atoms with Crippen molar-refractivity contribution >= 4 is 5.97 Å². The van der Waals surface area contributed by atoms with Gasteiger partial charge in [-0.2, -0.15) is 0 Å². The Bertz CT molecular complexity index is 119. The summed E-state index contributed by atoms with van der Waals surface area (Å²) in [6.07, 6.45) is 1.50. The zero-order chi connectivity index (χ0) is 11.4. The zero-order valence-corrected chi connectivity index (χ0v) is 9.75. The molecule has 4 heteroatoms. The smallest absolute Gasteiger partial charge is 0.303 e. The molecule has 0 amide bonds. The Balaban J connectivity index is 0. The second-order valence-electron chi connectivity index (χ2n) is 3.11. The van der Waals surface area contributed by atoms with Gasteiger partial charge in [-0.1, -0.05) is 13.8 Å². The third-order valence-corrected chi connectivity index (χ3v) is 1.51. The minimum absolute atomic E-state index is 0.222. The molecule has 14 heavy (non-hydrogen) atoms. The molecule has 0 unspecified atom stereocenters. The van der Waals surface area contributed by atoms with Gasteiger partial charge in [-0.25, -0.2) is 0 Å². The Hall–Kier alpha value is -0.610. The fraction of sp³-hybridized carbons (Fsp3) is 0.900. The fourth-order valence-electron chi connectivity index (χ4n) is 0.144. The quantitative estimate of drug-likeness (QED) is 0.741. The van der Waals surface area contributed by atoms with Crippen LogP contribution in [0, 0.1) is 0 Å². The number of carboxylic acids is 1. The van der Waals surface area contributed by atoms with Crippen LogP contribution < -0.4 is 0 Å². The minimum Gasteiger partial charge on any atom is -0.481 e. The van der Waals surface area contributed by atoms with E-state index < -0.39 is 5.97 Å². The van der Waals surface area contributed by atoms with Crippen LogP contribution in [0.25, 0.3) is 0 Å². The molecule has 1 heterocycles. The van der Waals surface area contributed by atoms with Gasteiger partial charge in [0.2, 0.25) is 0 Å². The van der Waals surface area contributed by atoms with Crippen molar-refractivity contribution in [1.82, 2.24) is 4.90 Å². The Morgan fingerprint density at radius 1 is 1.36 bits per heavy atom. The van der Waals surface area contributed by atoms with Gasteiger partial charge in [-0.3, -0.25) is 4.79 Å². The normalized spacial score (nSPS) is 12.9. The second-order valence-corrected chi connectivity index (χ2v) is 3.11. The highest BCUT2D eigenvalue weighted by Crippen LogP contribution is 1.93. The van der Waals surface area contributed by atoms with Gasteiger partial charge in [0.1, 0.15) is 0 Å². The minimum atomic E-state index is -0.745. The molecule has 0 bridgehead atoms. The van der Waals surface area contributed by atoms with E-state index in [0.717, 1.165) is 19.8 Å². The van der Waals surface area contributed by atoms with Gasteiger partial charge >= 0.3 is 5.97 Å². The molecule has 86 valence electrons. The topological polar surface area (TPSA) is 49.8 Å². The Labute approximate surface area is 86.9 Å². The highest BCUT2D eigenvalue weighted by molar-refractivity contribution is 5.66. The van der Waals surface area contributed by atoms with E-state index in [1.165, 1.54) is 6.42 Å². The van der Waals surface area contributed by atoms with Crippen LogP contribution in [0.1, 0.15) is 26.7 Å². The maximum Gasteiger partial charge on any atom is 0.303 e. The van der Waals surface area contributed by atoms with E-state index in [9.17, 15) is 4.79 Å². The van der Waals surface area contributed by atoms with Crippen molar-refractivity contribution in [2.45, 2.75) is 26.7 Å². The van der Waals surface area contributed by atoms with Gasteiger partial charge in [-0.05, 0) is 27.1 Å². The summed E-state index contributed by atoms with van der Waals surface area (Å²) in [5.41, 5.74) is 0. The second kappa shape index (κ2) is 12.4. The van der Waals surface area contributed by atoms with Crippen LogP contribution in [0.15, 0.2) is 0 Å². The van der Waals surface area contributed by atoms with Crippen molar-refractivity contribution in [3.63, 3.8) is 0 Å². The van der Waals surface area contributed by atoms with Gasteiger partial charge in [0.15, 0.2) is 0 Å². The van der Waals surface area contributed by atoms with E-state index in [-0.39, 0.29) is 6.42 Å². The monoisotopic (exact) mass is 205 g/mol.